The van der Waals surface area contributed by atoms with Crippen LogP contribution in [-0.2, 0) is 28.6 Å². The Bertz CT molecular complexity index is 814. The Morgan fingerprint density at radius 3 is 2.30 bits per heavy atom. The minimum absolute atomic E-state index is 0.0262. The fourth-order valence-electron chi connectivity index (χ4n) is 3.61. The first-order valence-electron chi connectivity index (χ1n) is 9.28. The summed E-state index contributed by atoms with van der Waals surface area (Å²) in [4.78, 5) is 41.4. The van der Waals surface area contributed by atoms with Gasteiger partial charge in [-0.2, -0.15) is 8.42 Å². The van der Waals surface area contributed by atoms with Gasteiger partial charge in [0.05, 0.1) is 18.9 Å². The van der Waals surface area contributed by atoms with Gasteiger partial charge in [-0.1, -0.05) is 25.3 Å². The molecule has 2 aliphatic rings. The molecule has 2 heterocycles. The predicted octanol–water partition coefficient (Wildman–Crippen LogP) is 0.543. The molecule has 0 aromatic rings. The highest BCUT2D eigenvalue weighted by Gasteiger charge is 2.53. The topological polar surface area (TPSA) is 123 Å². The van der Waals surface area contributed by atoms with E-state index in [9.17, 15) is 22.8 Å². The first-order valence-corrected chi connectivity index (χ1v) is 11.1. The van der Waals surface area contributed by atoms with E-state index in [0.717, 1.165) is 6.26 Å². The standard InChI is InChI=1S/C18H27N3O8S/c1-5-9-27-16(23)19-7-8-20(15(22)13-19)18(3)11-14(29-30(4,25)26)12-21(18)17(24)28-10-6-2/h5-6,14H,1-2,7-13H2,3-4H3/t14-,18+/m1/s1. The molecule has 30 heavy (non-hydrogen) atoms. The SMILES string of the molecule is C=CCOC(=O)N1CCN([C@]2(C)C[C@@H](OS(C)(=O)=O)CN2C(=O)OCC=C)C(=O)C1. The van der Waals surface area contributed by atoms with Crippen molar-refractivity contribution in [2.24, 2.45) is 0 Å². The van der Waals surface area contributed by atoms with Gasteiger partial charge in [-0.05, 0) is 6.92 Å². The summed E-state index contributed by atoms with van der Waals surface area (Å²) in [5.74, 6) is -0.416. The van der Waals surface area contributed by atoms with Gasteiger partial charge in [-0.25, -0.2) is 9.59 Å². The molecule has 2 atom stereocenters. The third-order valence-corrected chi connectivity index (χ3v) is 5.44. The van der Waals surface area contributed by atoms with Gasteiger partial charge in [0.2, 0.25) is 5.91 Å². The van der Waals surface area contributed by atoms with E-state index >= 15 is 0 Å². The van der Waals surface area contributed by atoms with E-state index in [0.29, 0.717) is 0 Å². The molecule has 2 aliphatic heterocycles. The van der Waals surface area contributed by atoms with Crippen molar-refractivity contribution < 1.29 is 36.5 Å². The zero-order valence-electron chi connectivity index (χ0n) is 17.1. The molecule has 0 spiro atoms. The van der Waals surface area contributed by atoms with Crippen molar-refractivity contribution in [1.82, 2.24) is 14.7 Å². The van der Waals surface area contributed by atoms with Gasteiger partial charge in [0.15, 0.2) is 0 Å². The number of hydrogen-bond acceptors (Lipinski definition) is 8. The monoisotopic (exact) mass is 445 g/mol. The molecule has 0 saturated carbocycles. The third kappa shape index (κ3) is 5.51. The predicted molar refractivity (Wildman–Crippen MR) is 106 cm³/mol. The molecule has 2 fully saturated rings. The van der Waals surface area contributed by atoms with E-state index in [1.807, 2.05) is 0 Å². The molecule has 2 saturated heterocycles. The molecule has 2 rings (SSSR count). The van der Waals surface area contributed by atoms with E-state index < -0.39 is 40.0 Å². The number of piperazine rings is 1. The van der Waals surface area contributed by atoms with Crippen molar-refractivity contribution in [3.63, 3.8) is 0 Å². The maximum atomic E-state index is 12.9. The summed E-state index contributed by atoms with van der Waals surface area (Å²) in [5, 5.41) is 0. The molecule has 11 nitrogen and oxygen atoms in total. The van der Waals surface area contributed by atoms with Crippen LogP contribution in [0.25, 0.3) is 0 Å². The van der Waals surface area contributed by atoms with Crippen molar-refractivity contribution >= 4 is 28.2 Å². The number of nitrogens with zero attached hydrogens (tertiary/aromatic N) is 3. The Morgan fingerprint density at radius 1 is 1.17 bits per heavy atom. The second-order valence-electron chi connectivity index (χ2n) is 7.15. The summed E-state index contributed by atoms with van der Waals surface area (Å²) in [6, 6.07) is 0. The smallest absolute Gasteiger partial charge is 0.412 e. The molecule has 0 aromatic heterocycles. The number of carbonyl (C=O) groups is 3. The average molecular weight is 445 g/mol. The quantitative estimate of drug-likeness (QED) is 0.411. The van der Waals surface area contributed by atoms with Crippen LogP contribution in [0.1, 0.15) is 13.3 Å². The van der Waals surface area contributed by atoms with Crippen LogP contribution in [0.3, 0.4) is 0 Å². The first kappa shape index (κ1) is 23.7. The molecule has 3 amide bonds. The Hall–Kier alpha value is -2.60. The fourth-order valence-corrected chi connectivity index (χ4v) is 4.24. The Balaban J connectivity index is 2.20. The van der Waals surface area contributed by atoms with Gasteiger partial charge < -0.3 is 14.4 Å². The zero-order chi connectivity index (χ0) is 22.5. The molecule has 0 bridgehead atoms. The maximum absolute atomic E-state index is 12.9. The van der Waals surface area contributed by atoms with Crippen molar-refractivity contribution in [2.75, 3.05) is 45.6 Å². The summed E-state index contributed by atoms with van der Waals surface area (Å²) in [6.07, 6.45) is 1.60. The van der Waals surface area contributed by atoms with Crippen LogP contribution in [-0.4, -0.2) is 98.6 Å². The van der Waals surface area contributed by atoms with Crippen LogP contribution >= 0.6 is 0 Å². The van der Waals surface area contributed by atoms with Crippen LogP contribution < -0.4 is 0 Å². The largest absolute Gasteiger partial charge is 0.445 e. The summed E-state index contributed by atoms with van der Waals surface area (Å²) < 4.78 is 38.3. The lowest BCUT2D eigenvalue weighted by Crippen LogP contribution is -2.65. The van der Waals surface area contributed by atoms with Gasteiger partial charge in [0.1, 0.15) is 25.4 Å². The van der Waals surface area contributed by atoms with Crippen LogP contribution in [0.2, 0.25) is 0 Å². The fraction of sp³-hybridized carbons (Fsp3) is 0.611. The maximum Gasteiger partial charge on any atom is 0.412 e. The molecule has 168 valence electrons. The van der Waals surface area contributed by atoms with E-state index in [2.05, 4.69) is 13.2 Å². The van der Waals surface area contributed by atoms with E-state index in [1.54, 1.807) is 6.92 Å². The Kier molecular flexibility index (Phi) is 7.48. The second-order valence-corrected chi connectivity index (χ2v) is 8.75. The van der Waals surface area contributed by atoms with Crippen molar-refractivity contribution in [2.45, 2.75) is 25.1 Å². The third-order valence-electron chi connectivity index (χ3n) is 4.82. The molecular formula is C18H27N3O8S. The van der Waals surface area contributed by atoms with Crippen molar-refractivity contribution in [3.05, 3.63) is 25.3 Å². The lowest BCUT2D eigenvalue weighted by atomic mass is 10.0. The summed E-state index contributed by atoms with van der Waals surface area (Å²) in [6.45, 7) is 8.56. The number of ether oxygens (including phenoxy) is 2. The molecule has 0 radical (unpaired) electrons. The Labute approximate surface area is 175 Å². The molecule has 0 unspecified atom stereocenters. The van der Waals surface area contributed by atoms with Gasteiger partial charge in [-0.3, -0.25) is 18.8 Å². The van der Waals surface area contributed by atoms with Gasteiger partial charge in [-0.15, -0.1) is 0 Å². The number of rotatable bonds is 7. The van der Waals surface area contributed by atoms with Crippen molar-refractivity contribution in [1.29, 1.82) is 0 Å². The van der Waals surface area contributed by atoms with E-state index in [-0.39, 0.29) is 45.8 Å². The molecule has 0 aromatic carbocycles. The minimum Gasteiger partial charge on any atom is -0.445 e. The average Bonchev–Trinajstić information content (AvgIpc) is 2.99. The molecule has 0 N–H and O–H groups in total. The van der Waals surface area contributed by atoms with Crippen molar-refractivity contribution in [3.8, 4) is 0 Å². The van der Waals surface area contributed by atoms with E-state index in [4.69, 9.17) is 13.7 Å². The zero-order valence-corrected chi connectivity index (χ0v) is 17.9. The second kappa shape index (κ2) is 9.47. The van der Waals surface area contributed by atoms with Crippen LogP contribution in [0.5, 0.6) is 0 Å². The lowest BCUT2D eigenvalue weighted by Gasteiger charge is -2.47. The summed E-state index contributed by atoms with van der Waals surface area (Å²) in [5.41, 5.74) is -1.19. The highest BCUT2D eigenvalue weighted by Crippen LogP contribution is 2.36. The van der Waals surface area contributed by atoms with Gasteiger partial charge >= 0.3 is 12.2 Å². The van der Waals surface area contributed by atoms with Crippen LogP contribution in [0.4, 0.5) is 9.59 Å². The van der Waals surface area contributed by atoms with Crippen LogP contribution in [0, 0.1) is 0 Å². The highest BCUT2D eigenvalue weighted by atomic mass is 32.2. The normalized spacial score (nSPS) is 24.5. The number of likely N-dealkylation sites (tertiary alicyclic amines) is 1. The first-order chi connectivity index (χ1) is 14.0. The highest BCUT2D eigenvalue weighted by molar-refractivity contribution is 7.86. The summed E-state index contributed by atoms with van der Waals surface area (Å²) in [7, 11) is -3.77. The molecular weight excluding hydrogens is 418 g/mol. The number of amides is 3. The van der Waals surface area contributed by atoms with Crippen LogP contribution in [0.15, 0.2) is 25.3 Å². The Morgan fingerprint density at radius 2 is 1.77 bits per heavy atom. The lowest BCUT2D eigenvalue weighted by molar-refractivity contribution is -0.148. The van der Waals surface area contributed by atoms with Gasteiger partial charge in [0.25, 0.3) is 10.1 Å². The summed E-state index contributed by atoms with van der Waals surface area (Å²) >= 11 is 0. The molecule has 12 heteroatoms. The van der Waals surface area contributed by atoms with Gasteiger partial charge in [0, 0.05) is 19.5 Å². The minimum atomic E-state index is -3.77. The number of carbonyl (C=O) groups excluding carboxylic acids is 3. The number of hydrogen-bond donors (Lipinski definition) is 0. The van der Waals surface area contributed by atoms with E-state index in [1.165, 1.54) is 26.9 Å². The molecule has 0 aliphatic carbocycles.